The van der Waals surface area contributed by atoms with Gasteiger partial charge in [0.2, 0.25) is 0 Å². The fourth-order valence-corrected chi connectivity index (χ4v) is 2.12. The van der Waals surface area contributed by atoms with Gasteiger partial charge >= 0.3 is 0 Å². The maximum Gasteiger partial charge on any atom is 0.136 e. The Hall–Kier alpha value is 0.137. The molecule has 0 radical (unpaired) electrons. The van der Waals surface area contributed by atoms with Gasteiger partial charge < -0.3 is 9.30 Å². The van der Waals surface area contributed by atoms with Crippen LogP contribution < -0.4 is 0 Å². The van der Waals surface area contributed by atoms with E-state index >= 15 is 0 Å². The van der Waals surface area contributed by atoms with Crippen molar-refractivity contribution in [2.45, 2.75) is 6.55 Å². The zero-order valence-corrected chi connectivity index (χ0v) is 6.71. The van der Waals surface area contributed by atoms with Crippen LogP contribution in [0.4, 0.5) is 0 Å². The van der Waals surface area contributed by atoms with E-state index in [1.54, 1.807) is 0 Å². The summed E-state index contributed by atoms with van der Waals surface area (Å²) in [6.07, 6.45) is 1.04. The highest BCUT2D eigenvalue weighted by Crippen LogP contribution is 1.97. The Morgan fingerprint density at radius 1 is 1.62 bits per heavy atom. The second kappa shape index (κ2) is 2.62. The molecule has 0 aromatic carbocycles. The normalized spacial score (nSPS) is 33.0. The lowest BCUT2D eigenvalue weighted by Gasteiger charge is -2.28. The maximum absolute atomic E-state index is 5.27. The van der Waals surface area contributed by atoms with Gasteiger partial charge in [0.15, 0.2) is 0 Å². The van der Waals surface area contributed by atoms with Crippen LogP contribution in [0.25, 0.3) is 0 Å². The average molecular weight is 131 g/mol. The van der Waals surface area contributed by atoms with Crippen LogP contribution in [-0.4, -0.2) is 40.0 Å². The van der Waals surface area contributed by atoms with Crippen LogP contribution in [0.1, 0.15) is 0 Å². The molecule has 0 aromatic rings. The van der Waals surface area contributed by atoms with Crippen LogP contribution in [-0.2, 0) is 4.74 Å². The van der Waals surface area contributed by atoms with Crippen molar-refractivity contribution in [2.24, 2.45) is 0 Å². The first kappa shape index (κ1) is 6.26. The number of likely N-dealkylation sites (N-methyl/N-ethyl adjacent to an activating group) is 1. The van der Waals surface area contributed by atoms with Crippen LogP contribution in [0.3, 0.4) is 0 Å². The molecule has 48 valence electrons. The summed E-state index contributed by atoms with van der Waals surface area (Å²) in [5, 5.41) is 0. The fraction of sp³-hybridized carbons (Fsp3) is 1.00. The van der Waals surface area contributed by atoms with E-state index in [1.165, 1.54) is 0 Å². The molecular weight excluding hydrogens is 118 g/mol. The van der Waals surface area contributed by atoms with Crippen LogP contribution in [0, 0.1) is 0 Å². The molecule has 0 N–H and O–H groups in total. The molecule has 0 saturated carbocycles. The predicted molar refractivity (Wildman–Crippen MR) is 36.5 cm³/mol. The monoisotopic (exact) mass is 131 g/mol. The smallest absolute Gasteiger partial charge is 0.136 e. The largest absolute Gasteiger partial charge is 0.382 e. The summed E-state index contributed by atoms with van der Waals surface area (Å²) in [5.41, 5.74) is 0. The van der Waals surface area contributed by atoms with E-state index in [0.717, 1.165) is 19.4 Å². The van der Waals surface area contributed by atoms with E-state index in [9.17, 15) is 0 Å². The summed E-state index contributed by atoms with van der Waals surface area (Å²) < 4.78 is 7.72. The third-order valence-electron chi connectivity index (χ3n) is 1.70. The topological polar surface area (TPSA) is 12.5 Å². The summed E-state index contributed by atoms with van der Waals surface area (Å²) >= 11 is 0. The minimum atomic E-state index is -0.578. The Morgan fingerprint density at radius 3 is 2.75 bits per heavy atom. The van der Waals surface area contributed by atoms with Gasteiger partial charge in [-0.25, -0.2) is 0 Å². The number of hydrogen-bond donors (Lipinski definition) is 0. The minimum Gasteiger partial charge on any atom is -0.382 e. The molecule has 0 bridgehead atoms. The molecule has 1 heterocycles. The zero-order chi connectivity index (χ0) is 5.98. The molecule has 1 unspecified atom stereocenters. The molecule has 0 aromatic heterocycles. The van der Waals surface area contributed by atoms with Gasteiger partial charge in [-0.2, -0.15) is 0 Å². The second-order valence-electron chi connectivity index (χ2n) is 2.40. The Morgan fingerprint density at radius 2 is 2.38 bits per heavy atom. The molecule has 8 heavy (non-hydrogen) atoms. The van der Waals surface area contributed by atoms with Crippen molar-refractivity contribution in [2.75, 3.05) is 26.4 Å². The van der Waals surface area contributed by atoms with Crippen molar-refractivity contribution >= 4 is 8.96 Å². The molecule has 1 fully saturated rings. The minimum absolute atomic E-state index is 0.578. The van der Waals surface area contributed by atoms with E-state index < -0.39 is 8.96 Å². The quantitative estimate of drug-likeness (QED) is 0.424. The van der Waals surface area contributed by atoms with Gasteiger partial charge in [0.1, 0.15) is 8.96 Å². The van der Waals surface area contributed by atoms with Crippen molar-refractivity contribution in [3.05, 3.63) is 0 Å². The van der Waals surface area contributed by atoms with E-state index in [-0.39, 0.29) is 0 Å². The third-order valence-corrected chi connectivity index (χ3v) is 4.18. The van der Waals surface area contributed by atoms with Gasteiger partial charge in [0.05, 0.1) is 12.8 Å². The standard InChI is InChI=1S/C5H13NOSi/c1-6-3-4-7-5-8(6)2/h8H,3-5H2,1-2H3. The van der Waals surface area contributed by atoms with Crippen molar-refractivity contribution < 1.29 is 4.74 Å². The first-order valence-electron chi connectivity index (χ1n) is 3.08. The van der Waals surface area contributed by atoms with Crippen LogP contribution in [0.5, 0.6) is 0 Å². The Labute approximate surface area is 52.1 Å². The maximum atomic E-state index is 5.27. The van der Waals surface area contributed by atoms with Gasteiger partial charge in [-0.1, -0.05) is 6.55 Å². The lowest BCUT2D eigenvalue weighted by molar-refractivity contribution is 0.134. The average Bonchev–Trinajstić information content (AvgIpc) is 1.77. The number of nitrogens with zero attached hydrogens (tertiary/aromatic N) is 1. The Kier molecular flexibility index (Phi) is 2.05. The highest BCUT2D eigenvalue weighted by atomic mass is 28.3. The first-order chi connectivity index (χ1) is 3.80. The van der Waals surface area contributed by atoms with Crippen LogP contribution in [0.15, 0.2) is 0 Å². The molecule has 1 atom stereocenters. The van der Waals surface area contributed by atoms with E-state index in [2.05, 4.69) is 18.2 Å². The number of ether oxygens (including phenoxy) is 1. The van der Waals surface area contributed by atoms with Crippen molar-refractivity contribution in [1.29, 1.82) is 0 Å². The summed E-state index contributed by atoms with van der Waals surface area (Å²) in [6.45, 7) is 4.40. The van der Waals surface area contributed by atoms with Crippen LogP contribution >= 0.6 is 0 Å². The van der Waals surface area contributed by atoms with Crippen molar-refractivity contribution in [3.8, 4) is 0 Å². The molecule has 0 amide bonds. The molecule has 0 aliphatic carbocycles. The summed E-state index contributed by atoms with van der Waals surface area (Å²) in [5.74, 6) is 0. The van der Waals surface area contributed by atoms with Gasteiger partial charge in [-0.05, 0) is 7.05 Å². The summed E-state index contributed by atoms with van der Waals surface area (Å²) in [6, 6.07) is 0. The summed E-state index contributed by atoms with van der Waals surface area (Å²) in [7, 11) is 1.62. The molecule has 1 rings (SSSR count). The third kappa shape index (κ3) is 1.31. The van der Waals surface area contributed by atoms with Gasteiger partial charge in [-0.15, -0.1) is 0 Å². The molecule has 0 spiro atoms. The van der Waals surface area contributed by atoms with Crippen LogP contribution in [0.2, 0.25) is 6.55 Å². The predicted octanol–water partition coefficient (Wildman–Crippen LogP) is -0.159. The second-order valence-corrected chi connectivity index (χ2v) is 5.32. The first-order valence-corrected chi connectivity index (χ1v) is 5.57. The summed E-state index contributed by atoms with van der Waals surface area (Å²) in [4.78, 5) is 0. The molecule has 2 nitrogen and oxygen atoms in total. The fourth-order valence-electron chi connectivity index (χ4n) is 0.810. The Bertz CT molecular complexity index is 68.8. The van der Waals surface area contributed by atoms with Crippen molar-refractivity contribution in [3.63, 3.8) is 0 Å². The molecule has 1 aliphatic rings. The molecule has 1 aliphatic heterocycles. The van der Waals surface area contributed by atoms with Gasteiger partial charge in [0.25, 0.3) is 0 Å². The van der Waals surface area contributed by atoms with E-state index in [4.69, 9.17) is 4.74 Å². The lowest BCUT2D eigenvalue weighted by Crippen LogP contribution is -2.44. The number of hydrogen-bond acceptors (Lipinski definition) is 2. The lowest BCUT2D eigenvalue weighted by atomic mass is 10.7. The van der Waals surface area contributed by atoms with Gasteiger partial charge in [0, 0.05) is 6.54 Å². The Balaban J connectivity index is 2.28. The molecule has 3 heteroatoms. The molecular formula is C5H13NOSi. The highest BCUT2D eigenvalue weighted by molar-refractivity contribution is 6.54. The van der Waals surface area contributed by atoms with Crippen molar-refractivity contribution in [1.82, 2.24) is 4.57 Å². The highest BCUT2D eigenvalue weighted by Gasteiger charge is 2.14. The zero-order valence-electron chi connectivity index (χ0n) is 5.55. The SMILES string of the molecule is CN1CCOC[SiH]1C. The molecule has 1 saturated heterocycles. The van der Waals surface area contributed by atoms with E-state index in [1.807, 2.05) is 0 Å². The van der Waals surface area contributed by atoms with Gasteiger partial charge in [-0.3, -0.25) is 0 Å². The van der Waals surface area contributed by atoms with E-state index in [0.29, 0.717) is 0 Å². The number of rotatable bonds is 0.